The van der Waals surface area contributed by atoms with Crippen LogP contribution in [0.15, 0.2) is 9.98 Å². The Morgan fingerprint density at radius 2 is 0.944 bits per heavy atom. The zero-order chi connectivity index (χ0) is 27.0. The highest BCUT2D eigenvalue weighted by Gasteiger charge is 2.16. The van der Waals surface area contributed by atoms with Crippen molar-refractivity contribution in [1.29, 1.82) is 0 Å². The van der Waals surface area contributed by atoms with Crippen LogP contribution in [0, 0.1) is 0 Å². The first-order valence-corrected chi connectivity index (χ1v) is 13.1. The van der Waals surface area contributed by atoms with Crippen molar-refractivity contribution in [1.82, 2.24) is 10.6 Å². The molecule has 11 N–H and O–H groups in total. The lowest BCUT2D eigenvalue weighted by Gasteiger charge is -2.20. The summed E-state index contributed by atoms with van der Waals surface area (Å²) in [6.07, 6.45) is 11.4. The Morgan fingerprint density at radius 3 is 1.31 bits per heavy atom. The molecule has 0 aromatic carbocycles. The van der Waals surface area contributed by atoms with Crippen LogP contribution in [0.5, 0.6) is 0 Å². The third-order valence-corrected chi connectivity index (χ3v) is 5.53. The summed E-state index contributed by atoms with van der Waals surface area (Å²) in [6.45, 7) is 1.27. The molecular weight excluding hydrogens is 464 g/mol. The highest BCUT2D eigenvalue weighted by molar-refractivity contribution is 5.79. The Morgan fingerprint density at radius 1 is 0.583 bits per heavy atom. The molecule has 0 aliphatic carbocycles. The van der Waals surface area contributed by atoms with Gasteiger partial charge in [0.05, 0.1) is 0 Å². The van der Waals surface area contributed by atoms with Gasteiger partial charge in [-0.1, -0.05) is 51.4 Å². The van der Waals surface area contributed by atoms with Crippen molar-refractivity contribution < 1.29 is 19.5 Å². The van der Waals surface area contributed by atoms with Gasteiger partial charge in [0.1, 0.15) is 6.17 Å². The summed E-state index contributed by atoms with van der Waals surface area (Å²) in [5.41, 5.74) is 21.1. The number of carboxylic acids is 1. The van der Waals surface area contributed by atoms with E-state index in [1.165, 1.54) is 0 Å². The molecule has 0 heterocycles. The predicted molar refractivity (Wildman–Crippen MR) is 143 cm³/mol. The van der Waals surface area contributed by atoms with E-state index in [1.807, 2.05) is 0 Å². The zero-order valence-electron chi connectivity index (χ0n) is 21.7. The number of carbonyl (C=O) groups excluding carboxylic acids is 2. The lowest BCUT2D eigenvalue weighted by molar-refractivity contribution is -0.138. The number of rotatable bonds is 23. The molecule has 0 rings (SSSR count). The van der Waals surface area contributed by atoms with E-state index in [-0.39, 0.29) is 36.6 Å². The number of unbranched alkanes of at least 4 members (excludes halogenated alkanes) is 10. The molecule has 0 saturated carbocycles. The zero-order valence-corrected chi connectivity index (χ0v) is 21.7. The summed E-state index contributed by atoms with van der Waals surface area (Å²) in [6, 6.07) is 0. The summed E-state index contributed by atoms with van der Waals surface area (Å²) in [5.74, 6) is -1.11. The number of aliphatic carboxylic acids is 1. The highest BCUT2D eigenvalue weighted by atomic mass is 16.4. The Labute approximate surface area is 215 Å². The van der Waals surface area contributed by atoms with Gasteiger partial charge >= 0.3 is 5.97 Å². The molecule has 0 atom stereocenters. The molecule has 0 spiro atoms. The monoisotopic (exact) mass is 512 g/mol. The van der Waals surface area contributed by atoms with Gasteiger partial charge in [-0.2, -0.15) is 0 Å². The van der Waals surface area contributed by atoms with Crippen LogP contribution in [0.3, 0.4) is 0 Å². The van der Waals surface area contributed by atoms with Gasteiger partial charge in [0.2, 0.25) is 11.8 Å². The quantitative estimate of drug-likeness (QED) is 0.0457. The maximum atomic E-state index is 12.3. The van der Waals surface area contributed by atoms with E-state index < -0.39 is 12.1 Å². The van der Waals surface area contributed by atoms with Gasteiger partial charge in [-0.15, -0.1) is 0 Å². The minimum Gasteiger partial charge on any atom is -0.481 e. The lowest BCUT2D eigenvalue weighted by Crippen LogP contribution is -2.48. The van der Waals surface area contributed by atoms with Crippen molar-refractivity contribution in [3.05, 3.63) is 0 Å². The number of carboxylic acid groups (broad SMARTS) is 1. The highest BCUT2D eigenvalue weighted by Crippen LogP contribution is 2.09. The predicted octanol–water partition coefficient (Wildman–Crippen LogP) is 1.42. The number of hydrogen-bond acceptors (Lipinski definition) is 5. The molecule has 2 amide bonds. The number of nitrogens with two attached hydrogens (primary N) is 4. The fraction of sp³-hybridized carbons (Fsp3) is 0.792. The summed E-state index contributed by atoms with van der Waals surface area (Å²) in [4.78, 5) is 43.4. The van der Waals surface area contributed by atoms with Crippen LogP contribution in [-0.4, -0.2) is 54.1 Å². The molecule has 0 bridgehead atoms. The number of guanidine groups is 2. The number of amides is 2. The molecule has 0 unspecified atom stereocenters. The molecule has 12 heteroatoms. The van der Waals surface area contributed by atoms with Crippen LogP contribution >= 0.6 is 0 Å². The standard InChI is InChI=1S/C24H48N8O4/c25-23(26)29-17-11-7-3-1-5-9-13-20(33)31-19(15-16-22(35)36)32-21(34)14-10-6-2-4-8-12-18-30-24(27)28/h19H,1-18H2,(H,31,33)(H,32,34)(H,35,36)(H4,25,26,29)(H4,27,28,30). The van der Waals surface area contributed by atoms with Gasteiger partial charge in [0.15, 0.2) is 11.9 Å². The number of hydrogen-bond donors (Lipinski definition) is 7. The number of nitrogens with zero attached hydrogens (tertiary/aromatic N) is 2. The van der Waals surface area contributed by atoms with E-state index in [2.05, 4.69) is 20.6 Å². The van der Waals surface area contributed by atoms with Crippen molar-refractivity contribution >= 4 is 29.7 Å². The smallest absolute Gasteiger partial charge is 0.303 e. The summed E-state index contributed by atoms with van der Waals surface area (Å²) >= 11 is 0. The van der Waals surface area contributed by atoms with Crippen molar-refractivity contribution in [3.8, 4) is 0 Å². The Hall–Kier alpha value is -3.05. The SMILES string of the molecule is NC(N)=NCCCCCCCCC(=O)NC(CCC(=O)O)NC(=O)CCCCCCCCN=C(N)N. The molecule has 0 fully saturated rings. The van der Waals surface area contributed by atoms with Crippen LogP contribution in [-0.2, 0) is 14.4 Å². The second kappa shape index (κ2) is 22.4. The second-order valence-corrected chi connectivity index (χ2v) is 8.98. The van der Waals surface area contributed by atoms with Crippen molar-refractivity contribution in [2.24, 2.45) is 32.9 Å². The molecule has 0 saturated heterocycles. The molecule has 0 aliphatic heterocycles. The van der Waals surface area contributed by atoms with Crippen molar-refractivity contribution in [3.63, 3.8) is 0 Å². The lowest BCUT2D eigenvalue weighted by atomic mass is 10.1. The second-order valence-electron chi connectivity index (χ2n) is 8.98. The maximum Gasteiger partial charge on any atom is 0.303 e. The van der Waals surface area contributed by atoms with Gasteiger partial charge in [0, 0.05) is 32.4 Å². The van der Waals surface area contributed by atoms with Gasteiger partial charge in [-0.3, -0.25) is 24.4 Å². The summed E-state index contributed by atoms with van der Waals surface area (Å²) in [7, 11) is 0. The van der Waals surface area contributed by atoms with Crippen LogP contribution in [0.2, 0.25) is 0 Å². The Balaban J connectivity index is 4.05. The minimum absolute atomic E-state index is 0.113. The van der Waals surface area contributed by atoms with Crippen LogP contribution in [0.1, 0.15) is 103 Å². The Kier molecular flexibility index (Phi) is 20.5. The number of carbonyl (C=O) groups is 3. The number of aliphatic imine (C=N–C) groups is 2. The van der Waals surface area contributed by atoms with Crippen LogP contribution in [0.25, 0.3) is 0 Å². The largest absolute Gasteiger partial charge is 0.481 e. The third kappa shape index (κ3) is 24.1. The van der Waals surface area contributed by atoms with E-state index in [0.29, 0.717) is 25.9 Å². The average molecular weight is 513 g/mol. The first-order chi connectivity index (χ1) is 17.2. The topological polar surface area (TPSA) is 224 Å². The molecule has 12 nitrogen and oxygen atoms in total. The van der Waals surface area contributed by atoms with Crippen LogP contribution in [0.4, 0.5) is 0 Å². The van der Waals surface area contributed by atoms with Gasteiger partial charge in [-0.25, -0.2) is 0 Å². The van der Waals surface area contributed by atoms with E-state index in [9.17, 15) is 14.4 Å². The van der Waals surface area contributed by atoms with Crippen molar-refractivity contribution in [2.45, 2.75) is 109 Å². The van der Waals surface area contributed by atoms with Crippen molar-refractivity contribution in [2.75, 3.05) is 13.1 Å². The molecule has 0 aromatic rings. The van der Waals surface area contributed by atoms with E-state index >= 15 is 0 Å². The maximum absolute atomic E-state index is 12.3. The molecule has 0 aliphatic rings. The number of nitrogens with one attached hydrogen (secondary N) is 2. The molecule has 36 heavy (non-hydrogen) atoms. The first kappa shape index (κ1) is 33.0. The Bertz CT molecular complexity index is 629. The molecule has 0 radical (unpaired) electrons. The summed E-state index contributed by atoms with van der Waals surface area (Å²) < 4.78 is 0. The van der Waals surface area contributed by atoms with Crippen LogP contribution < -0.4 is 33.6 Å². The average Bonchev–Trinajstić information content (AvgIpc) is 2.79. The first-order valence-electron chi connectivity index (χ1n) is 13.1. The van der Waals surface area contributed by atoms with Gasteiger partial charge < -0.3 is 38.7 Å². The molecule has 208 valence electrons. The van der Waals surface area contributed by atoms with Gasteiger partial charge in [0.25, 0.3) is 0 Å². The molecular formula is C24H48N8O4. The minimum atomic E-state index is -0.969. The summed E-state index contributed by atoms with van der Waals surface area (Å²) in [5, 5.41) is 14.5. The molecule has 0 aromatic heterocycles. The van der Waals surface area contributed by atoms with E-state index in [1.54, 1.807) is 0 Å². The third-order valence-electron chi connectivity index (χ3n) is 5.53. The normalized spacial score (nSPS) is 10.6. The van der Waals surface area contributed by atoms with E-state index in [4.69, 9.17) is 28.0 Å². The fourth-order valence-corrected chi connectivity index (χ4v) is 3.61. The fourth-order valence-electron chi connectivity index (χ4n) is 3.61. The van der Waals surface area contributed by atoms with Gasteiger partial charge in [-0.05, 0) is 32.1 Å². The van der Waals surface area contributed by atoms with E-state index in [0.717, 1.165) is 77.0 Å².